The molecule has 1 fully saturated rings. The van der Waals surface area contributed by atoms with Gasteiger partial charge in [-0.1, -0.05) is 79.6 Å². The molecule has 2 aromatic rings. The average molecular weight is 339 g/mol. The smallest absolute Gasteiger partial charge is 0.0665 e. The average Bonchev–Trinajstić information content (AvgIpc) is 2.61. The molecular weight excluding hydrogens is 316 g/mol. The normalized spacial score (nSPS) is 30.4. The van der Waals surface area contributed by atoms with Gasteiger partial charge in [-0.3, -0.25) is 0 Å². The molecule has 0 N–H and O–H groups in total. The van der Waals surface area contributed by atoms with Crippen molar-refractivity contribution >= 4 is 29.3 Å². The van der Waals surface area contributed by atoms with Gasteiger partial charge >= 0.3 is 0 Å². The standard InChI is InChI=1S/C21H22S2/c22-21-14-8-7-13-19(21)18(16-9-3-1-4-10-16)15-20(23-21)17-11-5-2-6-12-17/h1-6,9-12,15,18-19,22H,7-8,13-14H2/t18-,19-,21-/m0/s1. The van der Waals surface area contributed by atoms with Crippen LogP contribution in [0.3, 0.4) is 0 Å². The van der Waals surface area contributed by atoms with E-state index in [1.807, 2.05) is 11.8 Å². The van der Waals surface area contributed by atoms with Gasteiger partial charge in [-0.2, -0.15) is 12.6 Å². The van der Waals surface area contributed by atoms with E-state index in [1.165, 1.54) is 41.7 Å². The summed E-state index contributed by atoms with van der Waals surface area (Å²) in [5, 5.41) is 0. The van der Waals surface area contributed by atoms with Crippen LogP contribution in [0.15, 0.2) is 66.7 Å². The van der Waals surface area contributed by atoms with E-state index in [9.17, 15) is 0 Å². The number of hydrogen-bond donors (Lipinski definition) is 1. The number of thiol groups is 1. The summed E-state index contributed by atoms with van der Waals surface area (Å²) < 4.78 is 0.0681. The molecule has 0 spiro atoms. The Kier molecular flexibility index (Phi) is 4.29. The van der Waals surface area contributed by atoms with Crippen LogP contribution in [0.4, 0.5) is 0 Å². The molecule has 3 atom stereocenters. The Morgan fingerprint density at radius 1 is 0.913 bits per heavy atom. The van der Waals surface area contributed by atoms with Crippen molar-refractivity contribution in [3.63, 3.8) is 0 Å². The quantitative estimate of drug-likeness (QED) is 0.620. The number of hydrogen-bond acceptors (Lipinski definition) is 2. The Labute approximate surface area is 148 Å². The second kappa shape index (κ2) is 6.41. The summed E-state index contributed by atoms with van der Waals surface area (Å²) >= 11 is 7.21. The van der Waals surface area contributed by atoms with Crippen molar-refractivity contribution in [2.24, 2.45) is 5.92 Å². The highest BCUT2D eigenvalue weighted by Crippen LogP contribution is 2.60. The van der Waals surface area contributed by atoms with E-state index in [0.29, 0.717) is 11.8 Å². The molecule has 2 heteroatoms. The zero-order valence-electron chi connectivity index (χ0n) is 13.2. The molecule has 1 aliphatic carbocycles. The molecule has 0 unspecified atom stereocenters. The first-order valence-electron chi connectivity index (χ1n) is 8.50. The van der Waals surface area contributed by atoms with Gasteiger partial charge in [0.05, 0.1) is 4.08 Å². The third kappa shape index (κ3) is 2.99. The molecule has 0 nitrogen and oxygen atoms in total. The molecule has 4 rings (SSSR count). The lowest BCUT2D eigenvalue weighted by Crippen LogP contribution is -2.38. The molecule has 1 heterocycles. The zero-order chi connectivity index (χ0) is 15.7. The minimum absolute atomic E-state index is 0.0681. The molecule has 0 aromatic heterocycles. The molecule has 2 aliphatic rings. The van der Waals surface area contributed by atoms with Gasteiger partial charge in [0.15, 0.2) is 0 Å². The van der Waals surface area contributed by atoms with Crippen molar-refractivity contribution in [1.29, 1.82) is 0 Å². The summed E-state index contributed by atoms with van der Waals surface area (Å²) in [5.41, 5.74) is 2.77. The second-order valence-corrected chi connectivity index (χ2v) is 9.11. The van der Waals surface area contributed by atoms with Crippen LogP contribution in [0.25, 0.3) is 4.91 Å². The van der Waals surface area contributed by atoms with E-state index in [1.54, 1.807) is 0 Å². The third-order valence-electron chi connectivity index (χ3n) is 5.17. The van der Waals surface area contributed by atoms with E-state index in [0.717, 1.165) is 0 Å². The first-order chi connectivity index (χ1) is 11.3. The Hall–Kier alpha value is -1.12. The summed E-state index contributed by atoms with van der Waals surface area (Å²) in [5.74, 6) is 1.10. The van der Waals surface area contributed by atoms with E-state index in [-0.39, 0.29) is 4.08 Å². The SMILES string of the molecule is S[C@]12CCCC[C@H]1[C@H](c1ccccc1)C=C(c1ccccc1)S2. The second-order valence-electron chi connectivity index (χ2n) is 6.63. The molecule has 23 heavy (non-hydrogen) atoms. The van der Waals surface area contributed by atoms with Crippen molar-refractivity contribution in [3.05, 3.63) is 77.9 Å². The highest BCUT2D eigenvalue weighted by Gasteiger charge is 2.45. The van der Waals surface area contributed by atoms with Crippen molar-refractivity contribution in [3.8, 4) is 0 Å². The number of rotatable bonds is 2. The largest absolute Gasteiger partial charge is 0.161 e. The predicted octanol–water partition coefficient (Wildman–Crippen LogP) is 6.37. The molecule has 0 saturated heterocycles. The third-order valence-corrected chi connectivity index (χ3v) is 7.45. The Balaban J connectivity index is 1.80. The van der Waals surface area contributed by atoms with Crippen LogP contribution in [0.5, 0.6) is 0 Å². The highest BCUT2D eigenvalue weighted by atomic mass is 32.2. The van der Waals surface area contributed by atoms with Crippen LogP contribution >= 0.6 is 24.4 Å². The number of allylic oxidation sites excluding steroid dienone is 1. The first-order valence-corrected chi connectivity index (χ1v) is 9.76. The number of benzene rings is 2. The Morgan fingerprint density at radius 2 is 1.61 bits per heavy atom. The van der Waals surface area contributed by atoms with Crippen LogP contribution in [-0.4, -0.2) is 4.08 Å². The maximum atomic E-state index is 5.22. The van der Waals surface area contributed by atoms with E-state index < -0.39 is 0 Å². The first kappa shape index (κ1) is 15.4. The summed E-state index contributed by atoms with van der Waals surface area (Å²) in [6.07, 6.45) is 7.63. The minimum Gasteiger partial charge on any atom is -0.161 e. The molecular formula is C21H22S2. The lowest BCUT2D eigenvalue weighted by molar-refractivity contribution is 0.322. The van der Waals surface area contributed by atoms with E-state index in [2.05, 4.69) is 66.7 Å². The van der Waals surface area contributed by atoms with E-state index in [4.69, 9.17) is 12.6 Å². The molecule has 0 radical (unpaired) electrons. The van der Waals surface area contributed by atoms with Gasteiger partial charge in [-0.15, -0.1) is 11.8 Å². The van der Waals surface area contributed by atoms with Gasteiger partial charge in [0, 0.05) is 10.8 Å². The molecule has 1 aliphatic heterocycles. The topological polar surface area (TPSA) is 0 Å². The maximum Gasteiger partial charge on any atom is 0.0665 e. The van der Waals surface area contributed by atoms with Gasteiger partial charge in [0.1, 0.15) is 0 Å². The summed E-state index contributed by atoms with van der Waals surface area (Å²) in [7, 11) is 0. The van der Waals surface area contributed by atoms with E-state index >= 15 is 0 Å². The van der Waals surface area contributed by atoms with Crippen LogP contribution in [-0.2, 0) is 0 Å². The summed E-state index contributed by atoms with van der Waals surface area (Å²) in [6.45, 7) is 0. The monoisotopic (exact) mass is 338 g/mol. The lowest BCUT2D eigenvalue weighted by atomic mass is 9.75. The molecule has 1 saturated carbocycles. The fourth-order valence-electron chi connectivity index (χ4n) is 4.01. The molecule has 2 aromatic carbocycles. The van der Waals surface area contributed by atoms with Crippen molar-refractivity contribution < 1.29 is 0 Å². The van der Waals surface area contributed by atoms with Crippen LogP contribution in [0.1, 0.15) is 42.7 Å². The van der Waals surface area contributed by atoms with Gasteiger partial charge in [0.25, 0.3) is 0 Å². The van der Waals surface area contributed by atoms with Crippen molar-refractivity contribution in [1.82, 2.24) is 0 Å². The fourth-order valence-corrected chi connectivity index (χ4v) is 6.26. The zero-order valence-corrected chi connectivity index (χ0v) is 14.9. The number of thioether (sulfide) groups is 1. The molecule has 0 amide bonds. The van der Waals surface area contributed by atoms with Gasteiger partial charge in [-0.05, 0) is 29.9 Å². The summed E-state index contributed by atoms with van der Waals surface area (Å²) in [4.78, 5) is 1.40. The molecule has 118 valence electrons. The van der Waals surface area contributed by atoms with Crippen LogP contribution < -0.4 is 0 Å². The summed E-state index contributed by atoms with van der Waals surface area (Å²) in [6, 6.07) is 21.8. The Morgan fingerprint density at radius 3 is 2.35 bits per heavy atom. The van der Waals surface area contributed by atoms with Gasteiger partial charge < -0.3 is 0 Å². The number of fused-ring (bicyclic) bond motifs is 1. The van der Waals surface area contributed by atoms with Crippen molar-refractivity contribution in [2.45, 2.75) is 35.7 Å². The lowest BCUT2D eigenvalue weighted by Gasteiger charge is -2.47. The molecule has 0 bridgehead atoms. The van der Waals surface area contributed by atoms with Crippen LogP contribution in [0.2, 0.25) is 0 Å². The highest BCUT2D eigenvalue weighted by molar-refractivity contribution is 8.18. The van der Waals surface area contributed by atoms with Crippen LogP contribution in [0, 0.1) is 5.92 Å². The predicted molar refractivity (Wildman–Crippen MR) is 105 cm³/mol. The van der Waals surface area contributed by atoms with Crippen molar-refractivity contribution in [2.75, 3.05) is 0 Å². The fraction of sp³-hybridized carbons (Fsp3) is 0.333. The minimum atomic E-state index is 0.0681. The maximum absolute atomic E-state index is 5.22. The van der Waals surface area contributed by atoms with Gasteiger partial charge in [0.2, 0.25) is 0 Å². The van der Waals surface area contributed by atoms with Gasteiger partial charge in [-0.25, -0.2) is 0 Å². The Bertz CT molecular complexity index is 692.